The van der Waals surface area contributed by atoms with E-state index in [4.69, 9.17) is 15.4 Å². The van der Waals surface area contributed by atoms with Crippen LogP contribution >= 0.6 is 0 Å². The number of nitrogens with zero attached hydrogens (tertiary/aromatic N) is 3. The summed E-state index contributed by atoms with van der Waals surface area (Å²) in [6.45, 7) is 0.621. The van der Waals surface area contributed by atoms with Crippen molar-refractivity contribution in [2.45, 2.75) is 64.2 Å². The molecule has 6 nitrogen and oxygen atoms in total. The van der Waals surface area contributed by atoms with Crippen LogP contribution in [0, 0.1) is 0 Å². The first-order valence-electron chi connectivity index (χ1n) is 7.58. The monoisotopic (exact) mass is 285 g/mol. The van der Waals surface area contributed by atoms with Crippen molar-refractivity contribution < 1.29 is 14.6 Å². The highest BCUT2D eigenvalue weighted by atomic mass is 16.5. The van der Waals surface area contributed by atoms with Gasteiger partial charge in [-0.15, -0.1) is 0 Å². The Morgan fingerprint density at radius 1 is 1.00 bits per heavy atom. The molecular formula is C14H27N3O3. The molecule has 20 heavy (non-hydrogen) atoms. The molecule has 6 heteroatoms. The molecule has 0 rings (SSSR count). The molecule has 0 bridgehead atoms. The number of aliphatic hydroxyl groups is 1. The third-order valence-electron chi connectivity index (χ3n) is 3.06. The van der Waals surface area contributed by atoms with E-state index in [1.54, 1.807) is 0 Å². The fourth-order valence-electron chi connectivity index (χ4n) is 1.97. The number of carbonyl (C=O) groups is 1. The molecule has 0 saturated heterocycles. The van der Waals surface area contributed by atoms with Crippen LogP contribution in [0.4, 0.5) is 0 Å². The quantitative estimate of drug-likeness (QED) is 0.173. The van der Waals surface area contributed by atoms with Crippen LogP contribution in [0.5, 0.6) is 0 Å². The molecule has 0 aliphatic rings. The Kier molecular flexibility index (Phi) is 14.8. The molecule has 0 fully saturated rings. The Labute approximate surface area is 121 Å². The highest BCUT2D eigenvalue weighted by Gasteiger charge is 2.01. The highest BCUT2D eigenvalue weighted by molar-refractivity contribution is 5.69. The molecule has 0 saturated carbocycles. The molecule has 0 heterocycles. The zero-order valence-electron chi connectivity index (χ0n) is 12.3. The van der Waals surface area contributed by atoms with Gasteiger partial charge in [0, 0.05) is 17.9 Å². The topological polar surface area (TPSA) is 95.3 Å². The highest BCUT2D eigenvalue weighted by Crippen LogP contribution is 2.10. The molecule has 0 aromatic carbocycles. The first-order chi connectivity index (χ1) is 9.81. The van der Waals surface area contributed by atoms with E-state index < -0.39 is 0 Å². The van der Waals surface area contributed by atoms with Gasteiger partial charge < -0.3 is 9.84 Å². The fraction of sp³-hybridized carbons (Fsp3) is 0.929. The third kappa shape index (κ3) is 14.8. The summed E-state index contributed by atoms with van der Waals surface area (Å²) in [6, 6.07) is 0. The van der Waals surface area contributed by atoms with Gasteiger partial charge in [0.1, 0.15) is 6.61 Å². The molecule has 0 aliphatic heterocycles. The molecule has 0 radical (unpaired) electrons. The largest absolute Gasteiger partial charge is 0.463 e. The first-order valence-corrected chi connectivity index (χ1v) is 7.58. The second-order valence-electron chi connectivity index (χ2n) is 4.83. The lowest BCUT2D eigenvalue weighted by atomic mass is 10.1. The number of unbranched alkanes of at least 4 members (excludes halogenated alkanes) is 8. The van der Waals surface area contributed by atoms with Crippen molar-refractivity contribution in [2.24, 2.45) is 5.11 Å². The van der Waals surface area contributed by atoms with Crippen LogP contribution in [0.1, 0.15) is 64.2 Å². The van der Waals surface area contributed by atoms with Crippen molar-refractivity contribution in [3.63, 3.8) is 0 Å². The summed E-state index contributed by atoms with van der Waals surface area (Å²) in [5, 5.41) is 12.0. The lowest BCUT2D eigenvalue weighted by Gasteiger charge is -2.03. The number of hydrogen-bond acceptors (Lipinski definition) is 4. The van der Waals surface area contributed by atoms with Gasteiger partial charge in [-0.05, 0) is 18.4 Å². The van der Waals surface area contributed by atoms with E-state index in [0.717, 1.165) is 32.1 Å². The summed E-state index contributed by atoms with van der Waals surface area (Å²) in [7, 11) is 0. The normalized spacial score (nSPS) is 10.1. The summed E-state index contributed by atoms with van der Waals surface area (Å²) < 4.78 is 4.77. The Hall–Kier alpha value is -1.26. The Balaban J connectivity index is 3.09. The van der Waals surface area contributed by atoms with Crippen molar-refractivity contribution in [3.8, 4) is 0 Å². The minimum absolute atomic E-state index is 0.103. The van der Waals surface area contributed by atoms with Gasteiger partial charge in [-0.25, -0.2) is 0 Å². The fourth-order valence-corrected chi connectivity index (χ4v) is 1.97. The number of carbonyl (C=O) groups excluding carboxylic acids is 1. The van der Waals surface area contributed by atoms with Gasteiger partial charge in [0.2, 0.25) is 0 Å². The molecule has 0 aromatic rings. The van der Waals surface area contributed by atoms with E-state index in [0.29, 0.717) is 13.0 Å². The standard InChI is InChI=1S/C14H27N3O3/c15-17-16-11-9-7-5-3-1-2-4-6-8-10-14(19)20-13-12-18/h18H,1-13H2. The van der Waals surface area contributed by atoms with Crippen LogP contribution in [-0.4, -0.2) is 30.8 Å². The average Bonchev–Trinajstić information content (AvgIpc) is 2.46. The van der Waals surface area contributed by atoms with E-state index in [9.17, 15) is 4.79 Å². The van der Waals surface area contributed by atoms with Gasteiger partial charge in [-0.2, -0.15) is 0 Å². The Morgan fingerprint density at radius 3 is 2.10 bits per heavy atom. The summed E-state index contributed by atoms with van der Waals surface area (Å²) in [5.74, 6) is -0.209. The molecule has 1 N–H and O–H groups in total. The molecular weight excluding hydrogens is 258 g/mol. The smallest absolute Gasteiger partial charge is 0.305 e. The maximum Gasteiger partial charge on any atom is 0.305 e. The SMILES string of the molecule is [N-]=[N+]=NCCCCCCCCCCCC(=O)OCCO. The molecule has 116 valence electrons. The molecule has 0 aliphatic carbocycles. The third-order valence-corrected chi connectivity index (χ3v) is 3.06. The maximum absolute atomic E-state index is 11.1. The van der Waals surface area contributed by atoms with Crippen LogP contribution in [0.25, 0.3) is 10.4 Å². The van der Waals surface area contributed by atoms with Crippen LogP contribution in [-0.2, 0) is 9.53 Å². The van der Waals surface area contributed by atoms with Crippen LogP contribution in [0.15, 0.2) is 5.11 Å². The number of ether oxygens (including phenoxy) is 1. The zero-order chi connectivity index (χ0) is 14.9. The van der Waals surface area contributed by atoms with Crippen LogP contribution in [0.3, 0.4) is 0 Å². The van der Waals surface area contributed by atoms with Gasteiger partial charge in [0.25, 0.3) is 0 Å². The summed E-state index contributed by atoms with van der Waals surface area (Å²) >= 11 is 0. The van der Waals surface area contributed by atoms with E-state index in [2.05, 4.69) is 10.0 Å². The summed E-state index contributed by atoms with van der Waals surface area (Å²) in [6.07, 6.45) is 10.5. The number of rotatable bonds is 14. The van der Waals surface area contributed by atoms with Gasteiger partial charge >= 0.3 is 5.97 Å². The number of hydrogen-bond donors (Lipinski definition) is 1. The molecule has 0 unspecified atom stereocenters. The van der Waals surface area contributed by atoms with Crippen molar-refractivity contribution >= 4 is 5.97 Å². The second-order valence-corrected chi connectivity index (χ2v) is 4.83. The van der Waals surface area contributed by atoms with Gasteiger partial charge in [0.15, 0.2) is 0 Å². The van der Waals surface area contributed by atoms with E-state index in [1.165, 1.54) is 25.7 Å². The predicted molar refractivity (Wildman–Crippen MR) is 78.2 cm³/mol. The molecule has 0 atom stereocenters. The maximum atomic E-state index is 11.1. The van der Waals surface area contributed by atoms with Gasteiger partial charge in [-0.3, -0.25) is 4.79 Å². The number of azide groups is 1. The van der Waals surface area contributed by atoms with E-state index in [-0.39, 0.29) is 19.2 Å². The molecule has 0 aromatic heterocycles. The average molecular weight is 285 g/mol. The Morgan fingerprint density at radius 2 is 1.55 bits per heavy atom. The van der Waals surface area contributed by atoms with Gasteiger partial charge in [0.05, 0.1) is 6.61 Å². The van der Waals surface area contributed by atoms with Crippen molar-refractivity contribution in [1.29, 1.82) is 0 Å². The summed E-state index contributed by atoms with van der Waals surface area (Å²) in [4.78, 5) is 13.8. The van der Waals surface area contributed by atoms with Crippen molar-refractivity contribution in [3.05, 3.63) is 10.4 Å². The van der Waals surface area contributed by atoms with E-state index in [1.807, 2.05) is 0 Å². The minimum atomic E-state index is -0.209. The molecule has 0 amide bonds. The second kappa shape index (κ2) is 15.8. The van der Waals surface area contributed by atoms with Crippen LogP contribution in [0.2, 0.25) is 0 Å². The first kappa shape index (κ1) is 18.7. The molecule has 0 spiro atoms. The Bertz CT molecular complexity index is 279. The predicted octanol–water partition coefficient (Wildman–Crippen LogP) is 3.73. The van der Waals surface area contributed by atoms with Gasteiger partial charge in [-0.1, -0.05) is 50.1 Å². The zero-order valence-corrected chi connectivity index (χ0v) is 12.3. The van der Waals surface area contributed by atoms with Crippen molar-refractivity contribution in [2.75, 3.05) is 19.8 Å². The lowest BCUT2D eigenvalue weighted by Crippen LogP contribution is -2.07. The van der Waals surface area contributed by atoms with Crippen molar-refractivity contribution in [1.82, 2.24) is 0 Å². The van der Waals surface area contributed by atoms with Crippen LogP contribution < -0.4 is 0 Å². The summed E-state index contributed by atoms with van der Waals surface area (Å²) in [5.41, 5.74) is 8.10. The number of esters is 1. The van der Waals surface area contributed by atoms with E-state index >= 15 is 0 Å². The lowest BCUT2D eigenvalue weighted by molar-refractivity contribution is -0.144. The number of aliphatic hydroxyl groups excluding tert-OH is 1. The minimum Gasteiger partial charge on any atom is -0.463 e.